The minimum absolute atomic E-state index is 0.971. The Morgan fingerprint density at radius 3 is 2.75 bits per heavy atom. The van der Waals surface area contributed by atoms with Crippen molar-refractivity contribution in [2.75, 3.05) is 0 Å². The van der Waals surface area contributed by atoms with E-state index in [9.17, 15) is 0 Å². The lowest BCUT2D eigenvalue weighted by Gasteiger charge is -1.93. The van der Waals surface area contributed by atoms with Crippen molar-refractivity contribution < 1.29 is 0 Å². The molecule has 0 unspecified atom stereocenters. The molecule has 0 bridgehead atoms. The van der Waals surface area contributed by atoms with Gasteiger partial charge < -0.3 is 5.73 Å². The third kappa shape index (κ3) is 0.915. The van der Waals surface area contributed by atoms with Crippen LogP contribution in [0.2, 0.25) is 0 Å². The monoisotopic (exact) mass is 109 g/mol. The van der Waals surface area contributed by atoms with Crippen molar-refractivity contribution in [3.63, 3.8) is 0 Å². The fourth-order valence-corrected chi connectivity index (χ4v) is 0.876. The molecule has 0 aromatic carbocycles. The average Bonchev–Trinajstić information content (AvgIpc) is 2.12. The molecule has 0 saturated carbocycles. The molecule has 0 heterocycles. The highest BCUT2D eigenvalue weighted by atomic mass is 14.6. The van der Waals surface area contributed by atoms with E-state index in [1.807, 2.05) is 6.92 Å². The first-order valence-electron chi connectivity index (χ1n) is 2.92. The van der Waals surface area contributed by atoms with E-state index in [0.717, 1.165) is 12.1 Å². The molecule has 1 nitrogen and oxygen atoms in total. The van der Waals surface area contributed by atoms with Crippen molar-refractivity contribution in [3.8, 4) is 0 Å². The molecule has 1 aliphatic rings. The van der Waals surface area contributed by atoms with Gasteiger partial charge in [-0.3, -0.25) is 0 Å². The highest BCUT2D eigenvalue weighted by Crippen LogP contribution is 2.16. The summed E-state index contributed by atoms with van der Waals surface area (Å²) in [6.45, 7) is 1.95. The van der Waals surface area contributed by atoms with Crippen LogP contribution in [0.1, 0.15) is 19.8 Å². The van der Waals surface area contributed by atoms with Crippen molar-refractivity contribution in [2.24, 2.45) is 5.73 Å². The maximum absolute atomic E-state index is 5.53. The predicted molar refractivity (Wildman–Crippen MR) is 35.3 cm³/mol. The van der Waals surface area contributed by atoms with E-state index in [0.29, 0.717) is 0 Å². The van der Waals surface area contributed by atoms with Crippen LogP contribution in [0.3, 0.4) is 0 Å². The first kappa shape index (κ1) is 5.42. The fourth-order valence-electron chi connectivity index (χ4n) is 0.876. The van der Waals surface area contributed by atoms with Gasteiger partial charge in [0.05, 0.1) is 0 Å². The fraction of sp³-hybridized carbons (Fsp3) is 0.429. The molecular weight excluding hydrogens is 98.1 g/mol. The zero-order chi connectivity index (χ0) is 5.98. The predicted octanol–water partition coefficient (Wildman–Crippen LogP) is 1.57. The summed E-state index contributed by atoms with van der Waals surface area (Å²) in [5.41, 5.74) is 7.81. The first-order valence-corrected chi connectivity index (χ1v) is 2.92. The molecule has 0 fully saturated rings. The Labute approximate surface area is 49.9 Å². The number of hydrogen-bond donors (Lipinski definition) is 1. The molecule has 8 heavy (non-hydrogen) atoms. The quantitative estimate of drug-likeness (QED) is 0.502. The Bertz CT molecular complexity index is 138. The van der Waals surface area contributed by atoms with Gasteiger partial charge in [0.2, 0.25) is 0 Å². The van der Waals surface area contributed by atoms with Crippen molar-refractivity contribution >= 4 is 0 Å². The SMILES string of the molecule is C/C(N)=C1\C=CCC1. The number of allylic oxidation sites excluding steroid dienone is 4. The van der Waals surface area contributed by atoms with E-state index in [2.05, 4.69) is 12.2 Å². The van der Waals surface area contributed by atoms with Crippen molar-refractivity contribution in [2.45, 2.75) is 19.8 Å². The molecule has 0 amide bonds. The maximum atomic E-state index is 5.53. The van der Waals surface area contributed by atoms with Gasteiger partial charge in [-0.1, -0.05) is 12.2 Å². The maximum Gasteiger partial charge on any atom is 0.00814 e. The summed E-state index contributed by atoms with van der Waals surface area (Å²) < 4.78 is 0. The van der Waals surface area contributed by atoms with Crippen molar-refractivity contribution in [1.82, 2.24) is 0 Å². The molecule has 2 N–H and O–H groups in total. The van der Waals surface area contributed by atoms with Gasteiger partial charge in [0.25, 0.3) is 0 Å². The lowest BCUT2D eigenvalue weighted by Crippen LogP contribution is -1.93. The van der Waals surface area contributed by atoms with Crippen LogP contribution in [0, 0.1) is 0 Å². The first-order chi connectivity index (χ1) is 3.80. The second-order valence-electron chi connectivity index (χ2n) is 2.15. The summed E-state index contributed by atoms with van der Waals surface area (Å²) in [6.07, 6.45) is 6.58. The van der Waals surface area contributed by atoms with E-state index in [-0.39, 0.29) is 0 Å². The van der Waals surface area contributed by atoms with Crippen LogP contribution >= 0.6 is 0 Å². The van der Waals surface area contributed by atoms with Crippen molar-refractivity contribution in [1.29, 1.82) is 0 Å². The van der Waals surface area contributed by atoms with Crippen molar-refractivity contribution in [3.05, 3.63) is 23.4 Å². The second kappa shape index (κ2) is 2.03. The second-order valence-corrected chi connectivity index (χ2v) is 2.15. The minimum Gasteiger partial charge on any atom is -0.402 e. The summed E-state index contributed by atoms with van der Waals surface area (Å²) in [6, 6.07) is 0. The van der Waals surface area contributed by atoms with E-state index in [4.69, 9.17) is 5.73 Å². The minimum atomic E-state index is 0.971. The molecule has 0 aromatic heterocycles. The van der Waals surface area contributed by atoms with Crippen LogP contribution in [0.25, 0.3) is 0 Å². The topological polar surface area (TPSA) is 26.0 Å². The van der Waals surface area contributed by atoms with Gasteiger partial charge in [-0.15, -0.1) is 0 Å². The van der Waals surface area contributed by atoms with Gasteiger partial charge in [-0.05, 0) is 25.3 Å². The van der Waals surface area contributed by atoms with Gasteiger partial charge >= 0.3 is 0 Å². The van der Waals surface area contributed by atoms with Crippen LogP contribution in [0.5, 0.6) is 0 Å². The summed E-state index contributed by atoms with van der Waals surface area (Å²) in [5, 5.41) is 0. The van der Waals surface area contributed by atoms with Gasteiger partial charge in [-0.2, -0.15) is 0 Å². The molecule has 1 rings (SSSR count). The molecular formula is C7H11N. The lowest BCUT2D eigenvalue weighted by molar-refractivity contribution is 1.03. The van der Waals surface area contributed by atoms with Gasteiger partial charge in [0, 0.05) is 5.70 Å². The van der Waals surface area contributed by atoms with Gasteiger partial charge in [-0.25, -0.2) is 0 Å². The number of hydrogen-bond acceptors (Lipinski definition) is 1. The molecule has 0 aromatic rings. The normalized spacial score (nSPS) is 24.1. The molecule has 0 saturated heterocycles. The van der Waals surface area contributed by atoms with Gasteiger partial charge in [0.15, 0.2) is 0 Å². The Balaban J connectivity index is 2.73. The molecule has 1 heteroatoms. The zero-order valence-electron chi connectivity index (χ0n) is 5.15. The average molecular weight is 109 g/mol. The van der Waals surface area contributed by atoms with Gasteiger partial charge in [0.1, 0.15) is 0 Å². The molecule has 0 radical (unpaired) electrons. The van der Waals surface area contributed by atoms with Crippen LogP contribution in [0.4, 0.5) is 0 Å². The number of rotatable bonds is 0. The molecule has 0 aliphatic heterocycles. The molecule has 0 atom stereocenters. The van der Waals surface area contributed by atoms with E-state index in [1.165, 1.54) is 12.0 Å². The molecule has 1 aliphatic carbocycles. The summed E-state index contributed by atoms with van der Waals surface area (Å²) >= 11 is 0. The number of nitrogens with two attached hydrogens (primary N) is 1. The third-order valence-corrected chi connectivity index (χ3v) is 1.41. The summed E-state index contributed by atoms with van der Waals surface area (Å²) in [7, 11) is 0. The third-order valence-electron chi connectivity index (χ3n) is 1.41. The van der Waals surface area contributed by atoms with Crippen LogP contribution < -0.4 is 5.73 Å². The highest BCUT2D eigenvalue weighted by molar-refractivity contribution is 5.27. The Morgan fingerprint density at radius 1 is 1.75 bits per heavy atom. The summed E-state index contributed by atoms with van der Waals surface area (Å²) in [5.74, 6) is 0. The standard InChI is InChI=1S/C7H11N/c1-6(8)7-4-2-3-5-7/h2,4H,3,5,8H2,1H3/b7-6-. The molecule has 0 spiro atoms. The van der Waals surface area contributed by atoms with E-state index >= 15 is 0 Å². The van der Waals surface area contributed by atoms with Crippen LogP contribution in [0.15, 0.2) is 23.4 Å². The smallest absolute Gasteiger partial charge is 0.00814 e. The largest absolute Gasteiger partial charge is 0.402 e. The Morgan fingerprint density at radius 2 is 2.50 bits per heavy atom. The van der Waals surface area contributed by atoms with Crippen LogP contribution in [-0.4, -0.2) is 0 Å². The van der Waals surface area contributed by atoms with E-state index in [1.54, 1.807) is 0 Å². The van der Waals surface area contributed by atoms with Crippen LogP contribution in [-0.2, 0) is 0 Å². The molecule has 44 valence electrons. The zero-order valence-corrected chi connectivity index (χ0v) is 5.15. The van der Waals surface area contributed by atoms with E-state index < -0.39 is 0 Å². The summed E-state index contributed by atoms with van der Waals surface area (Å²) in [4.78, 5) is 0. The lowest BCUT2D eigenvalue weighted by atomic mass is 10.2. The Kier molecular flexibility index (Phi) is 1.38. The highest BCUT2D eigenvalue weighted by Gasteiger charge is 1.99. The Hall–Kier alpha value is -0.720.